The van der Waals surface area contributed by atoms with Crippen LogP contribution in [-0.4, -0.2) is 212 Å². The van der Waals surface area contributed by atoms with Crippen LogP contribution in [0, 0.1) is 35.5 Å². The van der Waals surface area contributed by atoms with Gasteiger partial charge in [0.25, 0.3) is 0 Å². The molecule has 99 heavy (non-hydrogen) atoms. The highest BCUT2D eigenvalue weighted by Gasteiger charge is 2.03. The number of unbranched alkanes of at least 4 members (excludes halogenated alkanes) is 3. The smallest absolute Gasteiger partial charge is 0.217 e. The van der Waals surface area contributed by atoms with E-state index in [-0.39, 0.29) is 55.8 Å². The Balaban J connectivity index is -0.000000263. The summed E-state index contributed by atoms with van der Waals surface area (Å²) in [6.07, 6.45) is 21.5. The van der Waals surface area contributed by atoms with Gasteiger partial charge in [0.15, 0.2) is 0 Å². The molecular formula is C69H138N12O18. The highest BCUT2D eigenvalue weighted by Crippen LogP contribution is 2.05. The van der Waals surface area contributed by atoms with Crippen LogP contribution in [-0.2, 0) is 86.2 Å². The van der Waals surface area contributed by atoms with Gasteiger partial charge in [-0.15, -0.1) is 0 Å². The van der Waals surface area contributed by atoms with Crippen molar-refractivity contribution in [3.63, 3.8) is 0 Å². The summed E-state index contributed by atoms with van der Waals surface area (Å²) in [7, 11) is 0. The summed E-state index contributed by atoms with van der Waals surface area (Å²) in [4.78, 5) is 92.4. The molecule has 582 valence electrons. The second-order valence-corrected chi connectivity index (χ2v) is 23.1. The Morgan fingerprint density at radius 2 is 0.424 bits per heavy atom. The zero-order valence-corrected chi connectivity index (χ0v) is 64.3. The average Bonchev–Trinajstić information content (AvgIpc) is 3.71. The Kier molecular flexibility index (Phi) is 91.4. The van der Waals surface area contributed by atoms with Gasteiger partial charge in [0.2, 0.25) is 55.8 Å². The van der Waals surface area contributed by atoms with E-state index in [2.05, 4.69) is 146 Å². The first-order valence-electron chi connectivity index (χ1n) is 35.2. The van der Waals surface area contributed by atoms with Crippen molar-refractivity contribution in [2.45, 2.75) is 202 Å². The molecule has 6 N–H and O–H groups in total. The molecule has 0 aliphatic rings. The van der Waals surface area contributed by atoms with E-state index in [1.165, 1.54) is 60.2 Å². The number of carbonyl (C=O) groups is 6. The molecule has 0 radical (unpaired) electrons. The van der Waals surface area contributed by atoms with Gasteiger partial charge >= 0.3 is 0 Å². The van der Waals surface area contributed by atoms with E-state index in [1.807, 2.05) is 0 Å². The van der Waals surface area contributed by atoms with Gasteiger partial charge in [-0.25, -0.2) is 0 Å². The molecule has 0 fully saturated rings. The van der Waals surface area contributed by atoms with Crippen LogP contribution < -0.4 is 31.9 Å². The summed E-state index contributed by atoms with van der Waals surface area (Å²) >= 11 is 0. The molecule has 30 heteroatoms. The number of rotatable bonds is 57. The van der Waals surface area contributed by atoms with Crippen LogP contribution in [0.5, 0.6) is 0 Å². The SMILES string of the molecule is CCC(C)COCCCCO/N=C\CNC(C)=O.CCC(C)COCCCCO/N=C\CNC(C)=O.CCC(C)COCCCCO/N=C\CNC(C)=O.CCC(C)COCO/N=C/CNC(C)=O.CCC(C)COCO/N=C/CNC(C)=O.CCC(C)COCO/N=C/CNC(C)=O. The minimum absolute atomic E-state index is 0.0695. The maximum absolute atomic E-state index is 10.5. The standard InChI is InChI=1S/3C13H26N2O3.3C10H20N2O3/c3*1-4-12(2)11-17-9-5-6-10-18-15-8-7-14-13(3)16;3*1-4-9(2)7-14-8-15-12-6-5-11-10(3)13/h3*8,12H,4-7,9-11H2,1-3H3,(H,14,16);3*6,9H,4-5,7-8H2,1-3H3,(H,11,13)/b3*15-8-;3*12-6+. The lowest BCUT2D eigenvalue weighted by Crippen LogP contribution is -2.21. The molecule has 6 amide bonds. The van der Waals surface area contributed by atoms with Gasteiger partial charge in [-0.05, 0) is 74.0 Å². The summed E-state index contributed by atoms with van der Waals surface area (Å²) < 4.78 is 32.1. The Morgan fingerprint density at radius 1 is 0.263 bits per heavy atom. The minimum atomic E-state index is -0.0885. The van der Waals surface area contributed by atoms with Crippen LogP contribution in [0.4, 0.5) is 0 Å². The van der Waals surface area contributed by atoms with E-state index in [4.69, 9.17) is 57.4 Å². The number of hydrogen-bond donors (Lipinski definition) is 6. The van der Waals surface area contributed by atoms with Crippen molar-refractivity contribution in [2.75, 3.05) is 139 Å². The minimum Gasteiger partial charge on any atom is -0.396 e. The zero-order chi connectivity index (χ0) is 75.5. The quantitative estimate of drug-likeness (QED) is 0.0143. The predicted octanol–water partition coefficient (Wildman–Crippen LogP) is 9.34. The van der Waals surface area contributed by atoms with Crippen molar-refractivity contribution in [3.05, 3.63) is 0 Å². The van der Waals surface area contributed by atoms with Gasteiger partial charge in [0.1, 0.15) is 19.8 Å². The average molecular weight is 1420 g/mol. The summed E-state index contributed by atoms with van der Waals surface area (Å²) in [5.74, 6) is 3.06. The van der Waals surface area contributed by atoms with Crippen LogP contribution in [0.3, 0.4) is 0 Å². The van der Waals surface area contributed by atoms with E-state index in [0.29, 0.717) is 114 Å². The van der Waals surface area contributed by atoms with Crippen molar-refractivity contribution in [1.29, 1.82) is 0 Å². The summed E-state index contributed by atoms with van der Waals surface area (Å²) in [6, 6.07) is 0. The molecule has 0 spiro atoms. The second-order valence-electron chi connectivity index (χ2n) is 23.1. The lowest BCUT2D eigenvalue weighted by Gasteiger charge is -2.08. The lowest BCUT2D eigenvalue weighted by atomic mass is 10.1. The molecular weight excluding hydrogens is 1280 g/mol. The van der Waals surface area contributed by atoms with Crippen molar-refractivity contribution in [2.24, 2.45) is 66.4 Å². The summed E-state index contributed by atoms with van der Waals surface area (Å²) in [5.41, 5.74) is 0. The molecule has 6 unspecified atom stereocenters. The largest absolute Gasteiger partial charge is 0.396 e. The summed E-state index contributed by atoms with van der Waals surface area (Å²) in [6.45, 7) is 46.0. The van der Waals surface area contributed by atoms with Crippen LogP contribution >= 0.6 is 0 Å². The second kappa shape index (κ2) is 87.5. The first-order valence-corrected chi connectivity index (χ1v) is 35.2. The van der Waals surface area contributed by atoms with Crippen molar-refractivity contribution in [3.8, 4) is 0 Å². The molecule has 30 nitrogen and oxygen atoms in total. The van der Waals surface area contributed by atoms with Crippen LogP contribution in [0.25, 0.3) is 0 Å². The molecule has 0 aromatic rings. The molecule has 6 atom stereocenters. The third kappa shape index (κ3) is 113. The normalized spacial score (nSPS) is 12.7. The third-order valence-electron chi connectivity index (χ3n) is 12.9. The Morgan fingerprint density at radius 3 is 0.596 bits per heavy atom. The van der Waals surface area contributed by atoms with Crippen molar-refractivity contribution in [1.82, 2.24) is 31.9 Å². The number of hydrogen-bond acceptors (Lipinski definition) is 24. The van der Waals surface area contributed by atoms with Gasteiger partial charge in [0, 0.05) is 81.2 Å². The number of nitrogens with one attached hydrogen (secondary N) is 6. The first kappa shape index (κ1) is 103. The maximum atomic E-state index is 10.5. The zero-order valence-electron chi connectivity index (χ0n) is 64.3. The number of nitrogens with zero attached hydrogens (tertiary/aromatic N) is 6. The molecule has 0 heterocycles. The van der Waals surface area contributed by atoms with Crippen molar-refractivity contribution >= 4 is 72.7 Å². The number of oxime groups is 6. The molecule has 0 aliphatic carbocycles. The number of ether oxygens (including phenoxy) is 6. The molecule has 0 bridgehead atoms. The molecule has 0 aliphatic heterocycles. The lowest BCUT2D eigenvalue weighted by molar-refractivity contribution is -0.119. The van der Waals surface area contributed by atoms with Crippen LogP contribution in [0.15, 0.2) is 30.9 Å². The fraction of sp³-hybridized carbons (Fsp3) is 0.826. The fourth-order valence-corrected chi connectivity index (χ4v) is 5.46. The molecule has 0 saturated carbocycles. The van der Waals surface area contributed by atoms with Gasteiger partial charge in [-0.1, -0.05) is 153 Å². The first-order chi connectivity index (χ1) is 47.5. The summed E-state index contributed by atoms with van der Waals surface area (Å²) in [5, 5.41) is 37.4. The van der Waals surface area contributed by atoms with Crippen LogP contribution in [0.1, 0.15) is 202 Å². The third-order valence-corrected chi connectivity index (χ3v) is 12.9. The maximum Gasteiger partial charge on any atom is 0.217 e. The number of amides is 6. The van der Waals surface area contributed by atoms with Gasteiger partial charge < -0.3 is 89.3 Å². The molecule has 0 rings (SSSR count). The van der Waals surface area contributed by atoms with Gasteiger partial charge in [0.05, 0.1) is 96.4 Å². The highest BCUT2D eigenvalue weighted by atomic mass is 16.8. The topological polar surface area (TPSA) is 360 Å². The van der Waals surface area contributed by atoms with E-state index in [1.54, 1.807) is 18.6 Å². The Bertz CT molecular complexity index is 1770. The van der Waals surface area contributed by atoms with E-state index < -0.39 is 0 Å². The fourth-order valence-electron chi connectivity index (χ4n) is 5.46. The monoisotopic (exact) mass is 1420 g/mol. The van der Waals surface area contributed by atoms with Gasteiger partial charge in [-0.3, -0.25) is 28.8 Å². The highest BCUT2D eigenvalue weighted by molar-refractivity contribution is 5.78. The van der Waals surface area contributed by atoms with Gasteiger partial charge in [-0.2, -0.15) is 0 Å². The van der Waals surface area contributed by atoms with Crippen molar-refractivity contribution < 1.29 is 86.2 Å². The van der Waals surface area contributed by atoms with Crippen LogP contribution in [0.2, 0.25) is 0 Å². The van der Waals surface area contributed by atoms with E-state index >= 15 is 0 Å². The molecule has 0 aromatic heterocycles. The Labute approximate surface area is 595 Å². The molecule has 0 saturated heterocycles. The molecule has 0 aromatic carbocycles. The van der Waals surface area contributed by atoms with E-state index in [9.17, 15) is 28.8 Å². The Hall–Kier alpha value is -6.60. The van der Waals surface area contributed by atoms with E-state index in [0.717, 1.165) is 117 Å². The predicted molar refractivity (Wildman–Crippen MR) is 394 cm³/mol. The number of carbonyl (C=O) groups excluding carboxylic acids is 6.